The summed E-state index contributed by atoms with van der Waals surface area (Å²) in [6, 6.07) is 0. The lowest BCUT2D eigenvalue weighted by molar-refractivity contribution is 0.111. The van der Waals surface area contributed by atoms with Gasteiger partial charge >= 0.3 is 0 Å². The minimum absolute atomic E-state index is 0.0514. The molecule has 0 heterocycles. The lowest BCUT2D eigenvalue weighted by Gasteiger charge is -2.27. The SMILES string of the molecule is CCCCCCCC(CC(C)(C)O[SiH3])SC#N. The Kier molecular flexibility index (Phi) is 10.00. The van der Waals surface area contributed by atoms with Crippen LogP contribution in [0.2, 0.25) is 0 Å². The van der Waals surface area contributed by atoms with E-state index in [9.17, 15) is 0 Å². The van der Waals surface area contributed by atoms with E-state index in [-0.39, 0.29) is 5.60 Å². The molecule has 0 amide bonds. The van der Waals surface area contributed by atoms with Gasteiger partial charge < -0.3 is 4.43 Å². The van der Waals surface area contributed by atoms with Crippen LogP contribution in [0, 0.1) is 10.7 Å². The van der Waals surface area contributed by atoms with Gasteiger partial charge in [-0.1, -0.05) is 39.0 Å². The number of rotatable bonds is 10. The first-order chi connectivity index (χ1) is 8.05. The molecule has 0 aliphatic carbocycles. The average Bonchev–Trinajstić information content (AvgIpc) is 2.28. The highest BCUT2D eigenvalue weighted by Gasteiger charge is 2.22. The quantitative estimate of drug-likeness (QED) is 0.347. The molecule has 17 heavy (non-hydrogen) atoms. The van der Waals surface area contributed by atoms with Crippen molar-refractivity contribution in [2.45, 2.75) is 76.6 Å². The number of hydrogen-bond acceptors (Lipinski definition) is 3. The summed E-state index contributed by atoms with van der Waals surface area (Å²) in [5.41, 5.74) is -0.0514. The van der Waals surface area contributed by atoms with Gasteiger partial charge in [0, 0.05) is 5.25 Å². The molecule has 100 valence electrons. The van der Waals surface area contributed by atoms with Gasteiger partial charge in [-0.3, -0.25) is 0 Å². The zero-order valence-electron chi connectivity index (χ0n) is 11.8. The Labute approximate surface area is 114 Å². The van der Waals surface area contributed by atoms with Crippen LogP contribution in [-0.4, -0.2) is 21.3 Å². The van der Waals surface area contributed by atoms with Crippen molar-refractivity contribution in [1.29, 1.82) is 5.26 Å². The maximum atomic E-state index is 8.83. The van der Waals surface area contributed by atoms with Crippen LogP contribution in [-0.2, 0) is 4.43 Å². The number of nitriles is 1. The van der Waals surface area contributed by atoms with Crippen LogP contribution in [0.5, 0.6) is 0 Å². The Morgan fingerprint density at radius 2 is 1.94 bits per heavy atom. The van der Waals surface area contributed by atoms with Gasteiger partial charge in [-0.15, -0.1) is 0 Å². The molecule has 0 radical (unpaired) electrons. The predicted octanol–water partition coefficient (Wildman–Crippen LogP) is 3.40. The third kappa shape index (κ3) is 9.69. The van der Waals surface area contributed by atoms with E-state index >= 15 is 0 Å². The molecule has 0 aromatic rings. The van der Waals surface area contributed by atoms with E-state index < -0.39 is 0 Å². The zero-order valence-corrected chi connectivity index (χ0v) is 14.6. The number of thiocyanates is 1. The molecule has 2 nitrogen and oxygen atoms in total. The minimum Gasteiger partial charge on any atom is -0.423 e. The Hall–Kier alpha value is 0.0169. The van der Waals surface area contributed by atoms with E-state index in [0.717, 1.165) is 23.3 Å². The fraction of sp³-hybridized carbons (Fsp3) is 0.923. The summed E-state index contributed by atoms with van der Waals surface area (Å²) in [4.78, 5) is 0. The standard InChI is InChI=1S/C13H27NOSSi/c1-4-5-6-7-8-9-12(16-11-14)10-13(2,3)15-17/h12H,4-10H2,1-3,17H3. The van der Waals surface area contributed by atoms with E-state index in [1.807, 2.05) is 0 Å². The molecule has 0 bridgehead atoms. The molecule has 0 saturated heterocycles. The third-order valence-electron chi connectivity index (χ3n) is 3.12. The summed E-state index contributed by atoms with van der Waals surface area (Å²) in [5, 5.41) is 11.5. The van der Waals surface area contributed by atoms with Gasteiger partial charge in [0.25, 0.3) is 0 Å². The van der Waals surface area contributed by atoms with Crippen molar-refractivity contribution in [3.8, 4) is 5.40 Å². The van der Waals surface area contributed by atoms with Crippen molar-refractivity contribution in [3.05, 3.63) is 0 Å². The molecule has 4 heteroatoms. The molecule has 0 aliphatic heterocycles. The van der Waals surface area contributed by atoms with Crippen molar-refractivity contribution in [2.75, 3.05) is 0 Å². The van der Waals surface area contributed by atoms with Crippen LogP contribution >= 0.6 is 11.8 Å². The lowest BCUT2D eigenvalue weighted by Crippen LogP contribution is -2.27. The molecule has 1 atom stereocenters. The molecular formula is C13H27NOSSi. The van der Waals surface area contributed by atoms with Gasteiger partial charge in [0.05, 0.1) is 5.60 Å². The maximum absolute atomic E-state index is 8.83. The van der Waals surface area contributed by atoms with E-state index in [1.54, 1.807) is 0 Å². The summed E-state index contributed by atoms with van der Waals surface area (Å²) in [5.74, 6) is 0. The van der Waals surface area contributed by atoms with Crippen molar-refractivity contribution in [1.82, 2.24) is 0 Å². The second-order valence-electron chi connectivity index (χ2n) is 5.20. The highest BCUT2D eigenvalue weighted by molar-refractivity contribution is 8.04. The van der Waals surface area contributed by atoms with Gasteiger partial charge in [0.1, 0.15) is 15.9 Å². The van der Waals surface area contributed by atoms with Crippen molar-refractivity contribution >= 4 is 22.2 Å². The fourth-order valence-electron chi connectivity index (χ4n) is 1.88. The third-order valence-corrected chi connectivity index (χ3v) is 5.07. The largest absolute Gasteiger partial charge is 0.423 e. The van der Waals surface area contributed by atoms with Crippen LogP contribution in [0.15, 0.2) is 0 Å². The summed E-state index contributed by atoms with van der Waals surface area (Å²) in [6.45, 7) is 6.49. The molecule has 0 rings (SSSR count). The van der Waals surface area contributed by atoms with Crippen LogP contribution in [0.25, 0.3) is 0 Å². The fourth-order valence-corrected chi connectivity index (χ4v) is 2.97. The number of unbranched alkanes of at least 4 members (excludes halogenated alkanes) is 4. The van der Waals surface area contributed by atoms with Gasteiger partial charge in [-0.05, 0) is 38.5 Å². The number of nitrogens with zero attached hydrogens (tertiary/aromatic N) is 1. The minimum atomic E-state index is -0.0514. The van der Waals surface area contributed by atoms with E-state index in [0.29, 0.717) is 5.25 Å². The summed E-state index contributed by atoms with van der Waals surface area (Å²) in [6.07, 6.45) is 8.65. The molecule has 0 N–H and O–H groups in total. The Bertz CT molecular complexity index is 228. The van der Waals surface area contributed by atoms with E-state index in [1.165, 1.54) is 43.9 Å². The zero-order chi connectivity index (χ0) is 13.1. The first-order valence-corrected chi connectivity index (χ1v) is 8.35. The van der Waals surface area contributed by atoms with Crippen LogP contribution in [0.3, 0.4) is 0 Å². The molecule has 0 aliphatic rings. The van der Waals surface area contributed by atoms with Crippen LogP contribution in [0.4, 0.5) is 0 Å². The topological polar surface area (TPSA) is 33.0 Å². The normalized spacial score (nSPS) is 13.5. The van der Waals surface area contributed by atoms with Gasteiger partial charge in [-0.2, -0.15) is 5.26 Å². The monoisotopic (exact) mass is 273 g/mol. The van der Waals surface area contributed by atoms with Gasteiger partial charge in [0.15, 0.2) is 0 Å². The molecular weight excluding hydrogens is 246 g/mol. The van der Waals surface area contributed by atoms with Crippen molar-refractivity contribution in [3.63, 3.8) is 0 Å². The average molecular weight is 274 g/mol. The first-order valence-electron chi connectivity index (χ1n) is 6.65. The Morgan fingerprint density at radius 1 is 1.29 bits per heavy atom. The summed E-state index contributed by atoms with van der Waals surface area (Å²) >= 11 is 1.42. The Morgan fingerprint density at radius 3 is 2.47 bits per heavy atom. The molecule has 0 saturated carbocycles. The molecule has 0 aromatic carbocycles. The molecule has 1 unspecified atom stereocenters. The van der Waals surface area contributed by atoms with E-state index in [2.05, 4.69) is 26.2 Å². The van der Waals surface area contributed by atoms with Gasteiger partial charge in [-0.25, -0.2) is 0 Å². The van der Waals surface area contributed by atoms with Crippen molar-refractivity contribution < 1.29 is 4.43 Å². The number of thioether (sulfide) groups is 1. The van der Waals surface area contributed by atoms with E-state index in [4.69, 9.17) is 9.69 Å². The first kappa shape index (κ1) is 17.0. The predicted molar refractivity (Wildman–Crippen MR) is 80.1 cm³/mol. The lowest BCUT2D eigenvalue weighted by atomic mass is 9.99. The van der Waals surface area contributed by atoms with Crippen molar-refractivity contribution in [2.24, 2.45) is 0 Å². The second kappa shape index (κ2) is 9.99. The van der Waals surface area contributed by atoms with Crippen LogP contribution in [0.1, 0.15) is 65.7 Å². The maximum Gasteiger partial charge on any atom is 0.146 e. The molecule has 0 spiro atoms. The molecule has 0 fully saturated rings. The number of hydrogen-bond donors (Lipinski definition) is 0. The second-order valence-corrected chi connectivity index (χ2v) is 6.70. The molecule has 0 aromatic heterocycles. The van der Waals surface area contributed by atoms with Crippen LogP contribution < -0.4 is 0 Å². The Balaban J connectivity index is 3.87. The summed E-state index contributed by atoms with van der Waals surface area (Å²) in [7, 11) is 0.771. The highest BCUT2D eigenvalue weighted by Crippen LogP contribution is 2.27. The smallest absolute Gasteiger partial charge is 0.146 e. The summed E-state index contributed by atoms with van der Waals surface area (Å²) < 4.78 is 5.58. The highest BCUT2D eigenvalue weighted by atomic mass is 32.2. The van der Waals surface area contributed by atoms with Gasteiger partial charge in [0.2, 0.25) is 0 Å².